The SMILES string of the molecule is O=C1CCC(C(=O)N2CCN(c3ccnc(N4CCCC4)n3)CC2)CC1. The molecule has 1 saturated carbocycles. The van der Waals surface area contributed by atoms with Gasteiger partial charge in [0, 0.05) is 64.2 Å². The summed E-state index contributed by atoms with van der Waals surface area (Å²) in [5.41, 5.74) is 0. The van der Waals surface area contributed by atoms with Crippen molar-refractivity contribution in [1.82, 2.24) is 14.9 Å². The summed E-state index contributed by atoms with van der Waals surface area (Å²) < 4.78 is 0. The molecule has 26 heavy (non-hydrogen) atoms. The normalized spacial score (nSPS) is 22.2. The molecule has 0 spiro atoms. The van der Waals surface area contributed by atoms with Gasteiger partial charge in [0.25, 0.3) is 0 Å². The van der Waals surface area contributed by atoms with Crippen molar-refractivity contribution in [3.05, 3.63) is 12.3 Å². The first-order valence-electron chi connectivity index (χ1n) is 9.84. The van der Waals surface area contributed by atoms with Crippen LogP contribution in [0.25, 0.3) is 0 Å². The Morgan fingerprint density at radius 2 is 1.65 bits per heavy atom. The van der Waals surface area contributed by atoms with E-state index in [-0.39, 0.29) is 11.8 Å². The van der Waals surface area contributed by atoms with Crippen LogP contribution in [0.5, 0.6) is 0 Å². The highest BCUT2D eigenvalue weighted by atomic mass is 16.2. The zero-order chi connectivity index (χ0) is 17.9. The number of anilines is 2. The fourth-order valence-electron chi connectivity index (χ4n) is 4.19. The predicted molar refractivity (Wildman–Crippen MR) is 99.2 cm³/mol. The summed E-state index contributed by atoms with van der Waals surface area (Å²) in [5, 5.41) is 0. The fourth-order valence-corrected chi connectivity index (χ4v) is 4.19. The minimum Gasteiger partial charge on any atom is -0.353 e. The number of Topliss-reactive ketones (excluding diaryl/α,β-unsaturated/α-hetero) is 1. The van der Waals surface area contributed by atoms with Crippen molar-refractivity contribution < 1.29 is 9.59 Å². The molecule has 1 aromatic heterocycles. The second-order valence-electron chi connectivity index (χ2n) is 7.53. The van der Waals surface area contributed by atoms with Crippen LogP contribution in [0.2, 0.25) is 0 Å². The van der Waals surface area contributed by atoms with Crippen molar-refractivity contribution in [2.75, 3.05) is 49.1 Å². The number of carbonyl (C=O) groups excluding carboxylic acids is 2. The molecule has 2 saturated heterocycles. The molecule has 3 fully saturated rings. The molecule has 0 aromatic carbocycles. The summed E-state index contributed by atoms with van der Waals surface area (Å²) in [6.45, 7) is 5.13. The summed E-state index contributed by atoms with van der Waals surface area (Å²) in [5.74, 6) is 2.36. The van der Waals surface area contributed by atoms with Crippen LogP contribution in [0.3, 0.4) is 0 Å². The van der Waals surface area contributed by atoms with Gasteiger partial charge in [0.05, 0.1) is 0 Å². The minimum absolute atomic E-state index is 0.0417. The van der Waals surface area contributed by atoms with E-state index in [4.69, 9.17) is 4.98 Å². The number of hydrogen-bond donors (Lipinski definition) is 0. The third-order valence-electron chi connectivity index (χ3n) is 5.82. The number of ketones is 1. The highest BCUT2D eigenvalue weighted by Gasteiger charge is 2.30. The highest BCUT2D eigenvalue weighted by Crippen LogP contribution is 2.25. The number of amides is 1. The van der Waals surface area contributed by atoms with Crippen molar-refractivity contribution in [1.29, 1.82) is 0 Å². The largest absolute Gasteiger partial charge is 0.353 e. The molecule has 2 aliphatic heterocycles. The Balaban J connectivity index is 1.34. The Bertz CT molecular complexity index is 656. The number of aromatic nitrogens is 2. The average Bonchev–Trinajstić information content (AvgIpc) is 3.23. The van der Waals surface area contributed by atoms with Crippen LogP contribution in [0.15, 0.2) is 12.3 Å². The number of hydrogen-bond acceptors (Lipinski definition) is 6. The van der Waals surface area contributed by atoms with E-state index in [2.05, 4.69) is 14.8 Å². The Morgan fingerprint density at radius 1 is 0.962 bits per heavy atom. The summed E-state index contributed by atoms with van der Waals surface area (Å²) in [6.07, 6.45) is 6.84. The predicted octanol–water partition coefficient (Wildman–Crippen LogP) is 1.48. The summed E-state index contributed by atoms with van der Waals surface area (Å²) in [7, 11) is 0. The van der Waals surface area contributed by atoms with E-state index >= 15 is 0 Å². The lowest BCUT2D eigenvalue weighted by Crippen LogP contribution is -2.51. The van der Waals surface area contributed by atoms with E-state index in [1.54, 1.807) is 0 Å². The molecular weight excluding hydrogens is 330 g/mol. The van der Waals surface area contributed by atoms with Gasteiger partial charge < -0.3 is 14.7 Å². The molecule has 140 valence electrons. The van der Waals surface area contributed by atoms with Crippen molar-refractivity contribution >= 4 is 23.5 Å². The van der Waals surface area contributed by atoms with Gasteiger partial charge in [-0.2, -0.15) is 4.98 Å². The summed E-state index contributed by atoms with van der Waals surface area (Å²) in [4.78, 5) is 39.7. The van der Waals surface area contributed by atoms with E-state index in [9.17, 15) is 9.59 Å². The first kappa shape index (κ1) is 17.2. The maximum absolute atomic E-state index is 12.7. The van der Waals surface area contributed by atoms with Gasteiger partial charge in [0.2, 0.25) is 11.9 Å². The zero-order valence-corrected chi connectivity index (χ0v) is 15.3. The summed E-state index contributed by atoms with van der Waals surface area (Å²) >= 11 is 0. The number of piperazine rings is 1. The zero-order valence-electron chi connectivity index (χ0n) is 15.3. The van der Waals surface area contributed by atoms with Gasteiger partial charge in [-0.3, -0.25) is 9.59 Å². The minimum atomic E-state index is 0.0417. The second-order valence-corrected chi connectivity index (χ2v) is 7.53. The van der Waals surface area contributed by atoms with Crippen molar-refractivity contribution in [2.24, 2.45) is 5.92 Å². The third kappa shape index (κ3) is 3.66. The van der Waals surface area contributed by atoms with Gasteiger partial charge in [-0.05, 0) is 31.7 Å². The lowest BCUT2D eigenvalue weighted by atomic mass is 9.87. The van der Waals surface area contributed by atoms with Gasteiger partial charge in [0.15, 0.2) is 0 Å². The van der Waals surface area contributed by atoms with Crippen molar-refractivity contribution in [3.63, 3.8) is 0 Å². The standard InChI is InChI=1S/C19H27N5O2/c25-16-5-3-15(4-6-16)18(26)23-13-11-22(12-14-23)17-7-8-20-19(21-17)24-9-1-2-10-24/h7-8,15H,1-6,9-14H2. The van der Waals surface area contributed by atoms with Crippen molar-refractivity contribution in [3.8, 4) is 0 Å². The Kier molecular flexibility index (Phi) is 5.04. The van der Waals surface area contributed by atoms with Crippen LogP contribution in [0, 0.1) is 5.92 Å². The molecule has 7 nitrogen and oxygen atoms in total. The molecule has 1 aromatic rings. The van der Waals surface area contributed by atoms with Gasteiger partial charge in [-0.15, -0.1) is 0 Å². The van der Waals surface area contributed by atoms with E-state index in [1.807, 2.05) is 17.2 Å². The smallest absolute Gasteiger partial charge is 0.227 e. The molecule has 4 rings (SSSR count). The number of carbonyl (C=O) groups is 2. The molecular formula is C19H27N5O2. The van der Waals surface area contributed by atoms with Gasteiger partial charge in [0.1, 0.15) is 11.6 Å². The maximum atomic E-state index is 12.7. The third-order valence-corrected chi connectivity index (χ3v) is 5.82. The quantitative estimate of drug-likeness (QED) is 0.816. The lowest BCUT2D eigenvalue weighted by Gasteiger charge is -2.37. The molecule has 0 N–H and O–H groups in total. The second kappa shape index (κ2) is 7.60. The van der Waals surface area contributed by atoms with Crippen LogP contribution in [0.1, 0.15) is 38.5 Å². The molecule has 3 aliphatic rings. The number of nitrogens with zero attached hydrogens (tertiary/aromatic N) is 5. The monoisotopic (exact) mass is 357 g/mol. The van der Waals surface area contributed by atoms with Crippen LogP contribution in [0.4, 0.5) is 11.8 Å². The van der Waals surface area contributed by atoms with Crippen molar-refractivity contribution in [2.45, 2.75) is 38.5 Å². The Labute approximate surface area is 154 Å². The van der Waals surface area contributed by atoms with E-state index in [0.717, 1.165) is 63.9 Å². The topological polar surface area (TPSA) is 69.6 Å². The van der Waals surface area contributed by atoms with Gasteiger partial charge in [-0.25, -0.2) is 4.98 Å². The van der Waals surface area contributed by atoms with E-state index in [0.29, 0.717) is 18.6 Å². The molecule has 1 aliphatic carbocycles. The molecule has 3 heterocycles. The fraction of sp³-hybridized carbons (Fsp3) is 0.684. The van der Waals surface area contributed by atoms with Crippen LogP contribution >= 0.6 is 0 Å². The van der Waals surface area contributed by atoms with Crippen LogP contribution in [-0.4, -0.2) is 65.8 Å². The van der Waals surface area contributed by atoms with Gasteiger partial charge in [-0.1, -0.05) is 0 Å². The Hall–Kier alpha value is -2.18. The lowest BCUT2D eigenvalue weighted by molar-refractivity contribution is -0.137. The van der Waals surface area contributed by atoms with Crippen LogP contribution in [-0.2, 0) is 9.59 Å². The first-order chi connectivity index (χ1) is 12.7. The van der Waals surface area contributed by atoms with Gasteiger partial charge >= 0.3 is 0 Å². The highest BCUT2D eigenvalue weighted by molar-refractivity contribution is 5.84. The number of rotatable bonds is 3. The average molecular weight is 357 g/mol. The Morgan fingerprint density at radius 3 is 2.35 bits per heavy atom. The molecule has 1 amide bonds. The molecule has 0 atom stereocenters. The molecule has 0 radical (unpaired) electrons. The van der Waals surface area contributed by atoms with Crippen LogP contribution < -0.4 is 9.80 Å². The maximum Gasteiger partial charge on any atom is 0.227 e. The van der Waals surface area contributed by atoms with E-state index < -0.39 is 0 Å². The summed E-state index contributed by atoms with van der Waals surface area (Å²) in [6, 6.07) is 1.96. The molecule has 0 bridgehead atoms. The molecule has 0 unspecified atom stereocenters. The molecule has 7 heteroatoms. The van der Waals surface area contributed by atoms with E-state index in [1.165, 1.54) is 12.8 Å². The first-order valence-corrected chi connectivity index (χ1v) is 9.84.